The fourth-order valence-corrected chi connectivity index (χ4v) is 3.26. The van der Waals surface area contributed by atoms with Gasteiger partial charge in [-0.25, -0.2) is 9.78 Å². The number of hydrogen-bond acceptors (Lipinski definition) is 6. The predicted octanol–water partition coefficient (Wildman–Crippen LogP) is 2.67. The van der Waals surface area contributed by atoms with Crippen molar-refractivity contribution in [3.8, 4) is 0 Å². The van der Waals surface area contributed by atoms with Crippen LogP contribution in [0.2, 0.25) is 0 Å². The number of nitrogens with zero attached hydrogens (tertiary/aromatic N) is 2. The normalized spacial score (nSPS) is 15.0. The molecule has 3 rings (SSSR count). The molecule has 1 aliphatic carbocycles. The zero-order chi connectivity index (χ0) is 18.5. The molecule has 0 N–H and O–H groups in total. The Bertz CT molecular complexity index is 815. The second kappa shape index (κ2) is 8.12. The van der Waals surface area contributed by atoms with E-state index in [-0.39, 0.29) is 42.0 Å². The molecule has 0 unspecified atom stereocenters. The Hall–Kier alpha value is -2.70. The first-order chi connectivity index (χ1) is 12.6. The molecule has 0 saturated heterocycles. The summed E-state index contributed by atoms with van der Waals surface area (Å²) in [6, 6.07) is 6.69. The molecule has 1 aromatic heterocycles. The van der Waals surface area contributed by atoms with E-state index in [2.05, 4.69) is 4.98 Å². The van der Waals surface area contributed by atoms with Crippen LogP contribution in [0.15, 0.2) is 24.3 Å². The van der Waals surface area contributed by atoms with E-state index in [0.29, 0.717) is 10.2 Å². The number of aromatic nitrogens is 2. The lowest BCUT2D eigenvalue weighted by Crippen LogP contribution is -2.39. The molecule has 0 atom stereocenters. The van der Waals surface area contributed by atoms with Gasteiger partial charge in [-0.15, -0.1) is 0 Å². The van der Waals surface area contributed by atoms with Gasteiger partial charge in [0.2, 0.25) is 5.52 Å². The van der Waals surface area contributed by atoms with Crippen molar-refractivity contribution < 1.29 is 23.8 Å². The minimum Gasteiger partial charge on any atom is -0.618 e. The molecule has 1 saturated carbocycles. The Kier molecular flexibility index (Phi) is 5.65. The molecule has 7 nitrogen and oxygen atoms in total. The Balaban J connectivity index is 1.88. The van der Waals surface area contributed by atoms with E-state index in [9.17, 15) is 14.8 Å². The highest BCUT2D eigenvalue weighted by Gasteiger charge is 2.29. The summed E-state index contributed by atoms with van der Waals surface area (Å²) >= 11 is 0. The second-order valence-electron chi connectivity index (χ2n) is 6.35. The van der Waals surface area contributed by atoms with Crippen LogP contribution in [0.1, 0.15) is 55.2 Å². The molecule has 1 heterocycles. The van der Waals surface area contributed by atoms with E-state index in [1.807, 2.05) is 0 Å². The van der Waals surface area contributed by atoms with E-state index in [1.54, 1.807) is 31.2 Å². The lowest BCUT2D eigenvalue weighted by atomic mass is 9.89. The van der Waals surface area contributed by atoms with Crippen LogP contribution in [0, 0.1) is 11.1 Å². The van der Waals surface area contributed by atoms with Crippen LogP contribution < -0.4 is 4.73 Å². The van der Waals surface area contributed by atoms with Crippen molar-refractivity contribution in [1.29, 1.82) is 0 Å². The van der Waals surface area contributed by atoms with Gasteiger partial charge in [-0.05, 0) is 25.8 Å². The topological polar surface area (TPSA) is 92.4 Å². The number of hydrogen-bond donors (Lipinski definition) is 0. The molecule has 0 bridgehead atoms. The molecular formula is C19H22N2O5. The van der Waals surface area contributed by atoms with Gasteiger partial charge in [0.05, 0.1) is 12.5 Å². The van der Waals surface area contributed by atoms with Crippen LogP contribution in [0.25, 0.3) is 11.0 Å². The van der Waals surface area contributed by atoms with Crippen LogP contribution in [0.5, 0.6) is 0 Å². The van der Waals surface area contributed by atoms with E-state index in [0.717, 1.165) is 32.1 Å². The number of fused-ring (bicyclic) bond motifs is 1. The monoisotopic (exact) mass is 358 g/mol. The number of carbonyl (C=O) groups excluding carboxylic acids is 2. The predicted molar refractivity (Wildman–Crippen MR) is 93.0 cm³/mol. The first-order valence-corrected chi connectivity index (χ1v) is 8.96. The largest absolute Gasteiger partial charge is 0.618 e. The highest BCUT2D eigenvalue weighted by molar-refractivity contribution is 5.88. The summed E-state index contributed by atoms with van der Waals surface area (Å²) in [7, 11) is 0. The zero-order valence-corrected chi connectivity index (χ0v) is 14.8. The third kappa shape index (κ3) is 3.76. The van der Waals surface area contributed by atoms with Crippen molar-refractivity contribution >= 4 is 23.0 Å². The van der Waals surface area contributed by atoms with Crippen molar-refractivity contribution in [2.45, 2.75) is 45.6 Å². The Morgan fingerprint density at radius 2 is 1.92 bits per heavy atom. The SMILES string of the molecule is CCOC(=O)c1c(COC(=O)C2CCCCC2)nc2ccccc2[n+]1[O-]. The molecule has 2 aromatic rings. The maximum Gasteiger partial charge on any atom is 0.407 e. The smallest absolute Gasteiger partial charge is 0.407 e. The van der Waals surface area contributed by atoms with Gasteiger partial charge in [-0.1, -0.05) is 31.4 Å². The molecular weight excluding hydrogens is 336 g/mol. The molecule has 1 aliphatic rings. The van der Waals surface area contributed by atoms with Crippen molar-refractivity contribution in [2.24, 2.45) is 5.92 Å². The van der Waals surface area contributed by atoms with Gasteiger partial charge in [0.15, 0.2) is 5.69 Å². The molecule has 0 radical (unpaired) electrons. The molecule has 0 spiro atoms. The summed E-state index contributed by atoms with van der Waals surface area (Å²) in [6.07, 6.45) is 4.80. The standard InChI is InChI=1S/C19H22N2O5/c1-2-25-19(23)17-15(12-26-18(22)13-8-4-3-5-9-13)20-14-10-6-7-11-16(14)21(17)24/h6-7,10-11,13H,2-5,8-9,12H2,1H3. The van der Waals surface area contributed by atoms with Gasteiger partial charge in [0, 0.05) is 6.07 Å². The molecule has 0 amide bonds. The number of rotatable bonds is 5. The third-order valence-electron chi connectivity index (χ3n) is 4.59. The van der Waals surface area contributed by atoms with Gasteiger partial charge < -0.3 is 14.7 Å². The number of para-hydroxylation sites is 2. The number of esters is 2. The van der Waals surface area contributed by atoms with Gasteiger partial charge in [0.1, 0.15) is 12.1 Å². The molecule has 1 aromatic carbocycles. The minimum absolute atomic E-state index is 0.112. The van der Waals surface area contributed by atoms with Crippen molar-refractivity contribution in [1.82, 2.24) is 4.98 Å². The lowest BCUT2D eigenvalue weighted by Gasteiger charge is -2.20. The fraction of sp³-hybridized carbons (Fsp3) is 0.474. The van der Waals surface area contributed by atoms with E-state index in [1.165, 1.54) is 0 Å². The van der Waals surface area contributed by atoms with Crippen LogP contribution in [0.4, 0.5) is 0 Å². The Morgan fingerprint density at radius 1 is 1.19 bits per heavy atom. The maximum atomic E-state index is 12.6. The maximum absolute atomic E-state index is 12.6. The van der Waals surface area contributed by atoms with E-state index < -0.39 is 5.97 Å². The number of carbonyl (C=O) groups is 2. The third-order valence-corrected chi connectivity index (χ3v) is 4.59. The molecule has 0 aliphatic heterocycles. The van der Waals surface area contributed by atoms with Gasteiger partial charge in [-0.3, -0.25) is 4.79 Å². The minimum atomic E-state index is -0.774. The van der Waals surface area contributed by atoms with E-state index in [4.69, 9.17) is 9.47 Å². The number of benzene rings is 1. The summed E-state index contributed by atoms with van der Waals surface area (Å²) in [4.78, 5) is 28.9. The highest BCUT2D eigenvalue weighted by Crippen LogP contribution is 2.25. The first kappa shape index (κ1) is 18.1. The van der Waals surface area contributed by atoms with Crippen LogP contribution in [-0.4, -0.2) is 23.5 Å². The Morgan fingerprint density at radius 3 is 2.65 bits per heavy atom. The molecule has 138 valence electrons. The van der Waals surface area contributed by atoms with Crippen LogP contribution in [0.3, 0.4) is 0 Å². The molecule has 26 heavy (non-hydrogen) atoms. The lowest BCUT2D eigenvalue weighted by molar-refractivity contribution is -0.581. The average molecular weight is 358 g/mol. The van der Waals surface area contributed by atoms with Crippen molar-refractivity contribution in [3.63, 3.8) is 0 Å². The van der Waals surface area contributed by atoms with Crippen LogP contribution in [-0.2, 0) is 20.9 Å². The fourth-order valence-electron chi connectivity index (χ4n) is 3.26. The molecule has 7 heteroatoms. The highest BCUT2D eigenvalue weighted by atomic mass is 16.5. The van der Waals surface area contributed by atoms with Crippen molar-refractivity contribution in [3.05, 3.63) is 40.9 Å². The van der Waals surface area contributed by atoms with Crippen molar-refractivity contribution in [2.75, 3.05) is 6.61 Å². The first-order valence-electron chi connectivity index (χ1n) is 8.96. The van der Waals surface area contributed by atoms with Gasteiger partial charge in [-0.2, -0.15) is 4.73 Å². The van der Waals surface area contributed by atoms with E-state index >= 15 is 0 Å². The van der Waals surface area contributed by atoms with Gasteiger partial charge in [0.25, 0.3) is 0 Å². The second-order valence-corrected chi connectivity index (χ2v) is 6.35. The summed E-state index contributed by atoms with van der Waals surface area (Å²) in [5.41, 5.74) is 0.570. The molecule has 1 fully saturated rings. The summed E-state index contributed by atoms with van der Waals surface area (Å²) in [6.45, 7) is 1.56. The summed E-state index contributed by atoms with van der Waals surface area (Å²) in [5.74, 6) is -1.19. The van der Waals surface area contributed by atoms with Gasteiger partial charge >= 0.3 is 17.6 Å². The Labute approximate surface area is 151 Å². The summed E-state index contributed by atoms with van der Waals surface area (Å²) < 4.78 is 10.9. The average Bonchev–Trinajstić information content (AvgIpc) is 2.67. The quantitative estimate of drug-likeness (QED) is 0.463. The number of ether oxygens (including phenoxy) is 2. The summed E-state index contributed by atoms with van der Waals surface area (Å²) in [5, 5.41) is 12.6. The zero-order valence-electron chi connectivity index (χ0n) is 14.8. The van der Waals surface area contributed by atoms with Crippen LogP contribution >= 0.6 is 0 Å².